The van der Waals surface area contributed by atoms with Crippen LogP contribution in [0.2, 0.25) is 0 Å². The maximum Gasteiger partial charge on any atom is 0.317 e. The van der Waals surface area contributed by atoms with Crippen LogP contribution >= 0.6 is 0 Å². The van der Waals surface area contributed by atoms with E-state index in [1.54, 1.807) is 4.90 Å². The maximum atomic E-state index is 12.1. The third kappa shape index (κ3) is 4.17. The molecule has 0 saturated carbocycles. The largest absolute Gasteiger partial charge is 0.395 e. The van der Waals surface area contributed by atoms with Crippen molar-refractivity contribution in [2.75, 3.05) is 19.7 Å². The molecular formula is C14H25N5O2. The van der Waals surface area contributed by atoms with Crippen LogP contribution in [0.25, 0.3) is 0 Å². The van der Waals surface area contributed by atoms with Gasteiger partial charge in [-0.15, -0.1) is 10.2 Å². The first kappa shape index (κ1) is 15.8. The maximum absolute atomic E-state index is 12.1. The van der Waals surface area contributed by atoms with E-state index in [0.717, 1.165) is 43.9 Å². The highest BCUT2D eigenvalue weighted by Gasteiger charge is 2.16. The molecule has 0 atom stereocenters. The second kappa shape index (κ2) is 7.97. The fourth-order valence-electron chi connectivity index (χ4n) is 2.65. The number of aliphatic hydroxyl groups is 1. The highest BCUT2D eigenvalue weighted by atomic mass is 16.3. The van der Waals surface area contributed by atoms with Crippen LogP contribution in [-0.2, 0) is 19.5 Å². The molecule has 7 nitrogen and oxygen atoms in total. The number of hydrogen-bond acceptors (Lipinski definition) is 4. The summed E-state index contributed by atoms with van der Waals surface area (Å²) in [6, 6.07) is -0.156. The molecule has 1 aliphatic rings. The molecule has 1 aromatic heterocycles. The number of fused-ring (bicyclic) bond motifs is 1. The molecule has 0 fully saturated rings. The van der Waals surface area contributed by atoms with E-state index in [2.05, 4.69) is 20.1 Å². The number of aliphatic hydroxyl groups excluding tert-OH is 1. The number of nitrogens with one attached hydrogen (secondary N) is 1. The van der Waals surface area contributed by atoms with Crippen LogP contribution < -0.4 is 5.32 Å². The van der Waals surface area contributed by atoms with Crippen LogP contribution in [0, 0.1) is 0 Å². The lowest BCUT2D eigenvalue weighted by Crippen LogP contribution is -2.42. The number of aryl methyl sites for hydroxylation is 1. The third-order valence-corrected chi connectivity index (χ3v) is 3.73. The molecule has 0 aromatic carbocycles. The molecule has 0 aliphatic carbocycles. The molecule has 0 saturated heterocycles. The standard InChI is InChI=1S/C14H25N5O2/c1-2-7-18(9-10-20)14(21)15-11-13-17-16-12-6-4-3-5-8-19(12)13/h20H,2-11H2,1H3,(H,15,21). The van der Waals surface area contributed by atoms with Gasteiger partial charge in [0.2, 0.25) is 0 Å². The molecule has 0 spiro atoms. The Kier molecular flexibility index (Phi) is 5.98. The van der Waals surface area contributed by atoms with Crippen LogP contribution in [-0.4, -0.2) is 50.5 Å². The number of aromatic nitrogens is 3. The summed E-state index contributed by atoms with van der Waals surface area (Å²) < 4.78 is 2.13. The molecular weight excluding hydrogens is 270 g/mol. The highest BCUT2D eigenvalue weighted by Crippen LogP contribution is 2.14. The zero-order valence-corrected chi connectivity index (χ0v) is 12.7. The summed E-state index contributed by atoms with van der Waals surface area (Å²) in [7, 11) is 0. The van der Waals surface area contributed by atoms with E-state index >= 15 is 0 Å². The monoisotopic (exact) mass is 295 g/mol. The molecule has 2 rings (SSSR count). The predicted octanol–water partition coefficient (Wildman–Crippen LogP) is 0.918. The van der Waals surface area contributed by atoms with E-state index in [9.17, 15) is 4.79 Å². The van der Waals surface area contributed by atoms with E-state index in [1.807, 2.05) is 6.92 Å². The van der Waals surface area contributed by atoms with Crippen molar-refractivity contribution in [2.45, 2.75) is 52.1 Å². The first-order valence-corrected chi connectivity index (χ1v) is 7.80. The Morgan fingerprint density at radius 1 is 1.33 bits per heavy atom. The van der Waals surface area contributed by atoms with Gasteiger partial charge in [-0.05, 0) is 19.3 Å². The summed E-state index contributed by atoms with van der Waals surface area (Å²) in [5.74, 6) is 1.85. The lowest BCUT2D eigenvalue weighted by molar-refractivity contribution is 0.176. The first-order chi connectivity index (χ1) is 10.3. The van der Waals surface area contributed by atoms with Crippen molar-refractivity contribution in [1.82, 2.24) is 25.0 Å². The van der Waals surface area contributed by atoms with Crippen molar-refractivity contribution in [3.8, 4) is 0 Å². The molecule has 2 N–H and O–H groups in total. The van der Waals surface area contributed by atoms with Gasteiger partial charge in [-0.1, -0.05) is 13.3 Å². The summed E-state index contributed by atoms with van der Waals surface area (Å²) >= 11 is 0. The van der Waals surface area contributed by atoms with Gasteiger partial charge >= 0.3 is 6.03 Å². The molecule has 1 aromatic rings. The summed E-state index contributed by atoms with van der Waals surface area (Å²) in [5, 5.41) is 20.3. The van der Waals surface area contributed by atoms with E-state index in [4.69, 9.17) is 5.11 Å². The molecule has 21 heavy (non-hydrogen) atoms. The van der Waals surface area contributed by atoms with Gasteiger partial charge in [0.1, 0.15) is 5.82 Å². The minimum Gasteiger partial charge on any atom is -0.395 e. The number of hydrogen-bond donors (Lipinski definition) is 2. The van der Waals surface area contributed by atoms with Crippen LogP contribution in [0.1, 0.15) is 44.3 Å². The van der Waals surface area contributed by atoms with E-state index < -0.39 is 0 Å². The van der Waals surface area contributed by atoms with Crippen LogP contribution in [0.3, 0.4) is 0 Å². The Morgan fingerprint density at radius 3 is 2.95 bits per heavy atom. The Hall–Kier alpha value is -1.63. The molecule has 2 heterocycles. The topological polar surface area (TPSA) is 83.3 Å². The lowest BCUT2D eigenvalue weighted by atomic mass is 10.2. The second-order valence-corrected chi connectivity index (χ2v) is 5.36. The molecule has 0 radical (unpaired) electrons. The van der Waals surface area contributed by atoms with Gasteiger partial charge in [-0.2, -0.15) is 0 Å². The SMILES string of the molecule is CCCN(CCO)C(=O)NCc1nnc2n1CCCCC2. The zero-order valence-electron chi connectivity index (χ0n) is 12.7. The van der Waals surface area contributed by atoms with Gasteiger partial charge in [0.15, 0.2) is 5.82 Å². The minimum atomic E-state index is -0.156. The van der Waals surface area contributed by atoms with Crippen molar-refractivity contribution in [3.05, 3.63) is 11.6 Å². The molecule has 2 amide bonds. The Balaban J connectivity index is 1.93. The number of carbonyl (C=O) groups excluding carboxylic acids is 1. The molecule has 0 bridgehead atoms. The van der Waals surface area contributed by atoms with Gasteiger partial charge in [0.05, 0.1) is 13.2 Å². The number of amides is 2. The summed E-state index contributed by atoms with van der Waals surface area (Å²) in [6.45, 7) is 4.31. The summed E-state index contributed by atoms with van der Waals surface area (Å²) in [4.78, 5) is 13.7. The summed E-state index contributed by atoms with van der Waals surface area (Å²) in [6.07, 6.45) is 5.35. The fraction of sp³-hybridized carbons (Fsp3) is 0.786. The van der Waals surface area contributed by atoms with Crippen molar-refractivity contribution >= 4 is 6.03 Å². The van der Waals surface area contributed by atoms with Gasteiger partial charge in [0, 0.05) is 26.1 Å². The Morgan fingerprint density at radius 2 is 2.19 bits per heavy atom. The first-order valence-electron chi connectivity index (χ1n) is 7.80. The van der Waals surface area contributed by atoms with Crippen molar-refractivity contribution in [2.24, 2.45) is 0 Å². The van der Waals surface area contributed by atoms with E-state index in [1.165, 1.54) is 6.42 Å². The number of urea groups is 1. The lowest BCUT2D eigenvalue weighted by Gasteiger charge is -2.21. The third-order valence-electron chi connectivity index (χ3n) is 3.73. The van der Waals surface area contributed by atoms with Crippen LogP contribution in [0.5, 0.6) is 0 Å². The Bertz CT molecular complexity index is 454. The van der Waals surface area contributed by atoms with E-state index in [-0.39, 0.29) is 12.6 Å². The summed E-state index contributed by atoms with van der Waals surface area (Å²) in [5.41, 5.74) is 0. The van der Waals surface area contributed by atoms with Gasteiger partial charge < -0.3 is 19.9 Å². The quantitative estimate of drug-likeness (QED) is 0.817. The predicted molar refractivity (Wildman–Crippen MR) is 78.8 cm³/mol. The average Bonchev–Trinajstić information content (AvgIpc) is 2.71. The zero-order chi connectivity index (χ0) is 15.1. The Labute approximate surface area is 125 Å². The normalized spacial score (nSPS) is 14.4. The number of carbonyl (C=O) groups is 1. The van der Waals surface area contributed by atoms with Gasteiger partial charge in [0.25, 0.3) is 0 Å². The fourth-order valence-corrected chi connectivity index (χ4v) is 2.65. The highest BCUT2D eigenvalue weighted by molar-refractivity contribution is 5.74. The molecule has 7 heteroatoms. The smallest absolute Gasteiger partial charge is 0.317 e. The molecule has 0 unspecified atom stereocenters. The molecule has 1 aliphatic heterocycles. The number of nitrogens with zero attached hydrogens (tertiary/aromatic N) is 4. The van der Waals surface area contributed by atoms with Crippen molar-refractivity contribution in [3.63, 3.8) is 0 Å². The average molecular weight is 295 g/mol. The number of rotatable bonds is 6. The van der Waals surface area contributed by atoms with Crippen molar-refractivity contribution < 1.29 is 9.90 Å². The van der Waals surface area contributed by atoms with Gasteiger partial charge in [-0.25, -0.2) is 4.79 Å². The minimum absolute atomic E-state index is 0.0201. The molecule has 118 valence electrons. The van der Waals surface area contributed by atoms with Crippen LogP contribution in [0.4, 0.5) is 4.79 Å². The van der Waals surface area contributed by atoms with Crippen LogP contribution in [0.15, 0.2) is 0 Å². The van der Waals surface area contributed by atoms with Crippen molar-refractivity contribution in [1.29, 1.82) is 0 Å². The van der Waals surface area contributed by atoms with E-state index in [0.29, 0.717) is 19.6 Å². The van der Waals surface area contributed by atoms with Gasteiger partial charge in [-0.3, -0.25) is 0 Å². The second-order valence-electron chi connectivity index (χ2n) is 5.36.